The van der Waals surface area contributed by atoms with Crippen molar-refractivity contribution in [2.45, 2.75) is 32.7 Å². The first-order valence-corrected chi connectivity index (χ1v) is 9.73. The second-order valence-electron chi connectivity index (χ2n) is 6.85. The van der Waals surface area contributed by atoms with Gasteiger partial charge in [0.2, 0.25) is 11.8 Å². The number of allylic oxidation sites excluding steroid dienone is 1. The molecule has 2 aromatic rings. The number of aromatic nitrogens is 2. The van der Waals surface area contributed by atoms with E-state index in [9.17, 15) is 14.4 Å². The zero-order valence-electron chi connectivity index (χ0n) is 17.9. The van der Waals surface area contributed by atoms with Crippen LogP contribution in [0.4, 0.5) is 5.69 Å². The van der Waals surface area contributed by atoms with Crippen LogP contribution in [0.25, 0.3) is 0 Å². The number of carbonyl (C=O) groups is 2. The van der Waals surface area contributed by atoms with Crippen LogP contribution in [0.5, 0.6) is 5.75 Å². The molecule has 0 aliphatic rings. The van der Waals surface area contributed by atoms with Crippen molar-refractivity contribution in [3.63, 3.8) is 0 Å². The number of anilines is 1. The van der Waals surface area contributed by atoms with E-state index in [4.69, 9.17) is 4.74 Å². The average Bonchev–Trinajstić information content (AvgIpc) is 2.73. The number of rotatable bonds is 8. The van der Waals surface area contributed by atoms with Crippen LogP contribution in [0.15, 0.2) is 48.0 Å². The Morgan fingerprint density at radius 3 is 2.77 bits per heavy atom. The molecule has 0 aliphatic carbocycles. The Bertz CT molecular complexity index is 1080. The van der Waals surface area contributed by atoms with Gasteiger partial charge in [-0.15, -0.1) is 0 Å². The van der Waals surface area contributed by atoms with Crippen LogP contribution in [0, 0.1) is 18.8 Å². The van der Waals surface area contributed by atoms with Crippen LogP contribution < -0.4 is 20.9 Å². The van der Waals surface area contributed by atoms with Crippen LogP contribution in [-0.4, -0.2) is 35.0 Å². The second-order valence-corrected chi connectivity index (χ2v) is 6.85. The highest BCUT2D eigenvalue weighted by Crippen LogP contribution is 2.25. The van der Waals surface area contributed by atoms with E-state index in [1.807, 2.05) is 26.0 Å². The fraction of sp³-hybridized carbons (Fsp3) is 0.304. The van der Waals surface area contributed by atoms with Gasteiger partial charge in [-0.3, -0.25) is 19.0 Å². The fourth-order valence-corrected chi connectivity index (χ4v) is 2.71. The first-order chi connectivity index (χ1) is 14.8. The Balaban J connectivity index is 1.85. The Hall–Kier alpha value is -3.86. The van der Waals surface area contributed by atoms with Gasteiger partial charge in [0.25, 0.3) is 5.56 Å². The van der Waals surface area contributed by atoms with Crippen LogP contribution in [0.1, 0.15) is 30.5 Å². The molecule has 8 nitrogen and oxygen atoms in total. The Kier molecular flexibility index (Phi) is 8.58. The monoisotopic (exact) mass is 422 g/mol. The number of nitrogens with zero attached hydrogens (tertiary/aromatic N) is 2. The number of methoxy groups -OCH3 is 1. The minimum absolute atomic E-state index is 0.0778. The van der Waals surface area contributed by atoms with Crippen molar-refractivity contribution >= 4 is 17.5 Å². The molecule has 1 aromatic heterocycles. The molecule has 31 heavy (non-hydrogen) atoms. The van der Waals surface area contributed by atoms with E-state index in [0.29, 0.717) is 17.1 Å². The number of carbonyl (C=O) groups excluding carboxylic acids is 2. The maximum Gasteiger partial charge on any atom is 0.254 e. The summed E-state index contributed by atoms with van der Waals surface area (Å²) in [4.78, 5) is 40.7. The molecule has 0 fully saturated rings. The van der Waals surface area contributed by atoms with E-state index in [1.165, 1.54) is 30.1 Å². The average molecular weight is 422 g/mol. The highest BCUT2D eigenvalue weighted by Gasteiger charge is 2.11. The van der Waals surface area contributed by atoms with Crippen molar-refractivity contribution in [3.05, 3.63) is 64.9 Å². The van der Waals surface area contributed by atoms with Gasteiger partial charge >= 0.3 is 0 Å². The number of ether oxygens (including phenoxy) is 1. The number of hydrogen-bond acceptors (Lipinski definition) is 5. The lowest BCUT2D eigenvalue weighted by atomic mass is 10.1. The van der Waals surface area contributed by atoms with Crippen LogP contribution in [0.2, 0.25) is 0 Å². The van der Waals surface area contributed by atoms with Crippen molar-refractivity contribution in [1.82, 2.24) is 14.9 Å². The molecule has 0 radical (unpaired) electrons. The molecule has 2 rings (SSSR count). The zero-order valence-corrected chi connectivity index (χ0v) is 17.9. The summed E-state index contributed by atoms with van der Waals surface area (Å²) in [5.74, 6) is 5.31. The lowest BCUT2D eigenvalue weighted by Crippen LogP contribution is -2.34. The summed E-state index contributed by atoms with van der Waals surface area (Å²) in [6.07, 6.45) is 2.87. The Morgan fingerprint density at radius 1 is 1.32 bits per heavy atom. The van der Waals surface area contributed by atoms with Gasteiger partial charge in [0.05, 0.1) is 30.7 Å². The molecule has 162 valence electrons. The van der Waals surface area contributed by atoms with Gasteiger partial charge < -0.3 is 15.4 Å². The molecule has 0 bridgehead atoms. The van der Waals surface area contributed by atoms with Crippen LogP contribution in [0.3, 0.4) is 0 Å². The van der Waals surface area contributed by atoms with Crippen molar-refractivity contribution in [2.75, 3.05) is 19.0 Å². The second kappa shape index (κ2) is 11.4. The maximum absolute atomic E-state index is 12.2. The van der Waals surface area contributed by atoms with Gasteiger partial charge in [-0.25, -0.2) is 4.98 Å². The quantitative estimate of drug-likeness (QED) is 0.634. The summed E-state index contributed by atoms with van der Waals surface area (Å²) in [5, 5.41) is 5.40. The van der Waals surface area contributed by atoms with E-state index in [-0.39, 0.29) is 36.9 Å². The topological polar surface area (TPSA) is 102 Å². The predicted octanol–water partition coefficient (Wildman–Crippen LogP) is 2.00. The lowest BCUT2D eigenvalue weighted by Gasteiger charge is -2.11. The lowest BCUT2D eigenvalue weighted by molar-refractivity contribution is -0.121. The highest BCUT2D eigenvalue weighted by molar-refractivity contribution is 5.92. The summed E-state index contributed by atoms with van der Waals surface area (Å²) in [5.41, 5.74) is 1.73. The van der Waals surface area contributed by atoms with Gasteiger partial charge in [-0.1, -0.05) is 24.5 Å². The van der Waals surface area contributed by atoms with Gasteiger partial charge in [-0.05, 0) is 37.6 Å². The van der Waals surface area contributed by atoms with E-state index in [0.717, 1.165) is 5.56 Å². The van der Waals surface area contributed by atoms with Gasteiger partial charge in [0.1, 0.15) is 12.3 Å². The third-order valence-corrected chi connectivity index (χ3v) is 4.36. The zero-order chi connectivity index (χ0) is 22.8. The summed E-state index contributed by atoms with van der Waals surface area (Å²) >= 11 is 0. The summed E-state index contributed by atoms with van der Waals surface area (Å²) < 4.78 is 6.43. The minimum Gasteiger partial charge on any atom is -0.495 e. The normalized spacial score (nSPS) is 10.9. The van der Waals surface area contributed by atoms with E-state index in [1.54, 1.807) is 6.07 Å². The minimum atomic E-state index is -0.392. The molecule has 0 spiro atoms. The molecule has 0 aliphatic heterocycles. The molecule has 0 saturated heterocycles. The van der Waals surface area contributed by atoms with Crippen molar-refractivity contribution in [1.29, 1.82) is 0 Å². The van der Waals surface area contributed by atoms with Crippen molar-refractivity contribution in [3.8, 4) is 17.6 Å². The first-order valence-electron chi connectivity index (χ1n) is 9.73. The Labute approximate surface area is 181 Å². The molecule has 1 atom stereocenters. The third-order valence-electron chi connectivity index (χ3n) is 4.36. The van der Waals surface area contributed by atoms with E-state index < -0.39 is 5.91 Å². The third kappa shape index (κ3) is 7.16. The molecular weight excluding hydrogens is 396 g/mol. The van der Waals surface area contributed by atoms with Crippen molar-refractivity contribution < 1.29 is 14.3 Å². The van der Waals surface area contributed by atoms with E-state index in [2.05, 4.69) is 34.0 Å². The molecule has 8 heteroatoms. The SMILES string of the molecule is C=CC#CC(C)c1cc(=O)n(CC(=O)NCCC(=O)Nc2cc(C)ccc2OC)cn1. The largest absolute Gasteiger partial charge is 0.495 e. The van der Waals surface area contributed by atoms with Gasteiger partial charge in [-0.2, -0.15) is 0 Å². The van der Waals surface area contributed by atoms with Crippen LogP contribution in [-0.2, 0) is 16.1 Å². The van der Waals surface area contributed by atoms with Gasteiger partial charge in [0, 0.05) is 19.0 Å². The van der Waals surface area contributed by atoms with E-state index >= 15 is 0 Å². The summed E-state index contributed by atoms with van der Waals surface area (Å²) in [6, 6.07) is 6.82. The number of benzene rings is 1. The van der Waals surface area contributed by atoms with Crippen LogP contribution >= 0.6 is 0 Å². The highest BCUT2D eigenvalue weighted by atomic mass is 16.5. The molecule has 2 N–H and O–H groups in total. The Morgan fingerprint density at radius 2 is 2.10 bits per heavy atom. The molecule has 1 unspecified atom stereocenters. The summed E-state index contributed by atoms with van der Waals surface area (Å²) in [6.45, 7) is 7.20. The number of aryl methyl sites for hydroxylation is 1. The molecule has 0 saturated carbocycles. The smallest absolute Gasteiger partial charge is 0.254 e. The molecule has 1 aromatic carbocycles. The number of hydrogen-bond donors (Lipinski definition) is 2. The molecule has 2 amide bonds. The van der Waals surface area contributed by atoms with Gasteiger partial charge in [0.15, 0.2) is 0 Å². The number of amides is 2. The van der Waals surface area contributed by atoms with Crippen molar-refractivity contribution in [2.24, 2.45) is 0 Å². The molecular formula is C23H26N4O4. The number of nitrogens with one attached hydrogen (secondary N) is 2. The maximum atomic E-state index is 12.2. The standard InChI is InChI=1S/C23H26N4O4/c1-5-6-7-17(3)18-13-23(30)27(15-25-18)14-22(29)24-11-10-21(28)26-19-12-16(2)8-9-20(19)31-4/h5,8-9,12-13,15,17H,1,10-11,14H2,2-4H3,(H,24,29)(H,26,28). The predicted molar refractivity (Wildman–Crippen MR) is 119 cm³/mol. The fourth-order valence-electron chi connectivity index (χ4n) is 2.71. The molecule has 1 heterocycles. The summed E-state index contributed by atoms with van der Waals surface area (Å²) in [7, 11) is 1.53. The first kappa shape index (κ1) is 23.4.